The van der Waals surface area contributed by atoms with Crippen LogP contribution in [0.25, 0.3) is 0 Å². The number of esters is 1. The van der Waals surface area contributed by atoms with Crippen molar-refractivity contribution >= 4 is 11.9 Å². The molecule has 2 aromatic rings. The van der Waals surface area contributed by atoms with Gasteiger partial charge >= 0.3 is 5.97 Å². The van der Waals surface area contributed by atoms with Crippen LogP contribution < -0.4 is 14.8 Å². The molecular formula is C19H19NO5. The molecule has 1 atom stereocenters. The van der Waals surface area contributed by atoms with E-state index in [4.69, 9.17) is 14.2 Å². The largest absolute Gasteiger partial charge is 0.489 e. The molecule has 3 rings (SSSR count). The van der Waals surface area contributed by atoms with Gasteiger partial charge in [0.25, 0.3) is 5.91 Å². The Kier molecular flexibility index (Phi) is 5.51. The maximum atomic E-state index is 11.8. The zero-order valence-corrected chi connectivity index (χ0v) is 13.6. The fourth-order valence-corrected chi connectivity index (χ4v) is 2.38. The van der Waals surface area contributed by atoms with Gasteiger partial charge in [-0.1, -0.05) is 30.3 Å². The van der Waals surface area contributed by atoms with E-state index in [2.05, 4.69) is 5.32 Å². The highest BCUT2D eigenvalue weighted by atomic mass is 16.5. The van der Waals surface area contributed by atoms with Crippen LogP contribution in [0.4, 0.5) is 0 Å². The zero-order valence-electron chi connectivity index (χ0n) is 13.6. The van der Waals surface area contributed by atoms with Gasteiger partial charge in [-0.15, -0.1) is 0 Å². The van der Waals surface area contributed by atoms with E-state index >= 15 is 0 Å². The van der Waals surface area contributed by atoms with Gasteiger partial charge in [-0.2, -0.15) is 0 Å². The summed E-state index contributed by atoms with van der Waals surface area (Å²) in [5, 5.41) is 2.59. The number of ether oxygens (including phenoxy) is 3. The average Bonchev–Trinajstić information content (AvgIpc) is 3.04. The highest BCUT2D eigenvalue weighted by Gasteiger charge is 2.27. The van der Waals surface area contributed by atoms with E-state index in [0.717, 1.165) is 5.56 Å². The van der Waals surface area contributed by atoms with Crippen LogP contribution >= 0.6 is 0 Å². The molecule has 130 valence electrons. The minimum atomic E-state index is -0.565. The predicted octanol–water partition coefficient (Wildman–Crippen LogP) is 2.08. The van der Waals surface area contributed by atoms with E-state index in [1.54, 1.807) is 24.3 Å². The number of nitrogens with one attached hydrogen (secondary N) is 1. The lowest BCUT2D eigenvalue weighted by molar-refractivity contribution is -0.141. The lowest BCUT2D eigenvalue weighted by Gasteiger charge is -2.11. The summed E-state index contributed by atoms with van der Waals surface area (Å²) < 4.78 is 15.9. The van der Waals surface area contributed by atoms with Crippen molar-refractivity contribution in [3.63, 3.8) is 0 Å². The van der Waals surface area contributed by atoms with Crippen LogP contribution in [0.1, 0.15) is 12.0 Å². The average molecular weight is 341 g/mol. The first kappa shape index (κ1) is 16.8. The predicted molar refractivity (Wildman–Crippen MR) is 90.2 cm³/mol. The minimum absolute atomic E-state index is 0.159. The van der Waals surface area contributed by atoms with E-state index in [0.29, 0.717) is 31.1 Å². The smallest absolute Gasteiger partial charge is 0.328 e. The summed E-state index contributed by atoms with van der Waals surface area (Å²) in [6, 6.07) is 16.3. The molecule has 6 heteroatoms. The normalized spacial score (nSPS) is 16.2. The van der Waals surface area contributed by atoms with Gasteiger partial charge in [0.2, 0.25) is 0 Å². The van der Waals surface area contributed by atoms with Gasteiger partial charge < -0.3 is 19.5 Å². The van der Waals surface area contributed by atoms with Gasteiger partial charge in [-0.05, 0) is 29.8 Å². The quantitative estimate of drug-likeness (QED) is 0.781. The Balaban J connectivity index is 1.42. The lowest BCUT2D eigenvalue weighted by atomic mass is 10.2. The summed E-state index contributed by atoms with van der Waals surface area (Å²) in [6.45, 7) is 0.671. The Bertz CT molecular complexity index is 714. The molecule has 1 aliphatic heterocycles. The van der Waals surface area contributed by atoms with Crippen molar-refractivity contribution in [2.24, 2.45) is 0 Å². The Morgan fingerprint density at radius 3 is 2.36 bits per heavy atom. The lowest BCUT2D eigenvalue weighted by Crippen LogP contribution is -2.40. The van der Waals surface area contributed by atoms with Gasteiger partial charge in [0.15, 0.2) is 6.61 Å². The van der Waals surface area contributed by atoms with Crippen LogP contribution in [-0.4, -0.2) is 31.1 Å². The topological polar surface area (TPSA) is 73.9 Å². The standard InChI is InChI=1S/C19H19NO5/c21-18(20-17-10-11-23-19(17)22)13-25-16-8-6-15(7-9-16)24-12-14-4-2-1-3-5-14/h1-9,17H,10-13H2,(H,20,21)/t17-/m0/s1. The number of hydrogen-bond acceptors (Lipinski definition) is 5. The second kappa shape index (κ2) is 8.19. The molecule has 1 heterocycles. The summed E-state index contributed by atoms with van der Waals surface area (Å²) in [6.07, 6.45) is 0.498. The second-order valence-corrected chi connectivity index (χ2v) is 5.61. The van der Waals surface area contributed by atoms with Gasteiger partial charge in [-0.3, -0.25) is 4.79 Å². The summed E-state index contributed by atoms with van der Waals surface area (Å²) in [5.74, 6) is 0.520. The number of carbonyl (C=O) groups excluding carboxylic acids is 2. The van der Waals surface area contributed by atoms with Crippen LogP contribution in [0, 0.1) is 0 Å². The first-order chi connectivity index (χ1) is 12.2. The third-order valence-corrected chi connectivity index (χ3v) is 3.71. The van der Waals surface area contributed by atoms with Crippen molar-refractivity contribution in [3.05, 3.63) is 60.2 Å². The molecule has 6 nitrogen and oxygen atoms in total. The molecule has 1 amide bonds. The van der Waals surface area contributed by atoms with E-state index in [-0.39, 0.29) is 12.5 Å². The SMILES string of the molecule is O=C(COc1ccc(OCc2ccccc2)cc1)N[C@H]1CCOC1=O. The van der Waals surface area contributed by atoms with Crippen LogP contribution in [0.15, 0.2) is 54.6 Å². The molecular weight excluding hydrogens is 322 g/mol. The number of amides is 1. The van der Waals surface area contributed by atoms with Crippen molar-refractivity contribution in [3.8, 4) is 11.5 Å². The molecule has 0 radical (unpaired) electrons. The van der Waals surface area contributed by atoms with Crippen molar-refractivity contribution < 1.29 is 23.8 Å². The first-order valence-corrected chi connectivity index (χ1v) is 8.06. The molecule has 0 spiro atoms. The molecule has 0 saturated carbocycles. The Hall–Kier alpha value is -3.02. The van der Waals surface area contributed by atoms with Gasteiger partial charge in [0.1, 0.15) is 24.1 Å². The number of hydrogen-bond donors (Lipinski definition) is 1. The maximum absolute atomic E-state index is 11.8. The molecule has 0 aromatic heterocycles. The molecule has 1 N–H and O–H groups in total. The summed E-state index contributed by atoms with van der Waals surface area (Å²) >= 11 is 0. The van der Waals surface area contributed by atoms with Crippen LogP contribution in [0.2, 0.25) is 0 Å². The molecule has 25 heavy (non-hydrogen) atoms. The van der Waals surface area contributed by atoms with Crippen molar-refractivity contribution in [1.82, 2.24) is 5.32 Å². The van der Waals surface area contributed by atoms with Crippen molar-refractivity contribution in [2.75, 3.05) is 13.2 Å². The fourth-order valence-electron chi connectivity index (χ4n) is 2.38. The number of benzene rings is 2. The monoisotopic (exact) mass is 341 g/mol. The third-order valence-electron chi connectivity index (χ3n) is 3.71. The Morgan fingerprint density at radius 1 is 1.04 bits per heavy atom. The number of rotatable bonds is 7. The van der Waals surface area contributed by atoms with E-state index < -0.39 is 12.0 Å². The Morgan fingerprint density at radius 2 is 1.72 bits per heavy atom. The summed E-state index contributed by atoms with van der Waals surface area (Å²) in [5.41, 5.74) is 1.09. The van der Waals surface area contributed by atoms with E-state index in [1.807, 2.05) is 30.3 Å². The highest BCUT2D eigenvalue weighted by Crippen LogP contribution is 2.18. The molecule has 1 fully saturated rings. The van der Waals surface area contributed by atoms with Crippen molar-refractivity contribution in [2.45, 2.75) is 19.1 Å². The molecule has 0 bridgehead atoms. The fraction of sp³-hybridized carbons (Fsp3) is 0.263. The number of carbonyl (C=O) groups is 2. The molecule has 0 unspecified atom stereocenters. The van der Waals surface area contributed by atoms with Gasteiger partial charge in [-0.25, -0.2) is 4.79 Å². The van der Waals surface area contributed by atoms with E-state index in [9.17, 15) is 9.59 Å². The van der Waals surface area contributed by atoms with Gasteiger partial charge in [0, 0.05) is 6.42 Å². The highest BCUT2D eigenvalue weighted by molar-refractivity contribution is 5.86. The minimum Gasteiger partial charge on any atom is -0.489 e. The molecule has 1 saturated heterocycles. The Labute approximate surface area is 145 Å². The second-order valence-electron chi connectivity index (χ2n) is 5.61. The third kappa shape index (κ3) is 4.97. The number of cyclic esters (lactones) is 1. The van der Waals surface area contributed by atoms with E-state index in [1.165, 1.54) is 0 Å². The van der Waals surface area contributed by atoms with Crippen LogP contribution in [0.5, 0.6) is 11.5 Å². The molecule has 1 aliphatic rings. The summed E-state index contributed by atoms with van der Waals surface area (Å²) in [7, 11) is 0. The van der Waals surface area contributed by atoms with Gasteiger partial charge in [0.05, 0.1) is 6.61 Å². The summed E-state index contributed by atoms with van der Waals surface area (Å²) in [4.78, 5) is 23.1. The molecule has 0 aliphatic carbocycles. The van der Waals surface area contributed by atoms with Crippen LogP contribution in [0.3, 0.4) is 0 Å². The van der Waals surface area contributed by atoms with Crippen molar-refractivity contribution in [1.29, 1.82) is 0 Å². The maximum Gasteiger partial charge on any atom is 0.328 e. The molecule has 2 aromatic carbocycles. The first-order valence-electron chi connectivity index (χ1n) is 8.06. The van der Waals surface area contributed by atoms with Crippen LogP contribution in [-0.2, 0) is 20.9 Å². The zero-order chi connectivity index (χ0) is 17.5.